The van der Waals surface area contributed by atoms with Gasteiger partial charge in [-0.25, -0.2) is 0 Å². The van der Waals surface area contributed by atoms with Crippen molar-refractivity contribution in [3.05, 3.63) is 0 Å². The summed E-state index contributed by atoms with van der Waals surface area (Å²) >= 11 is 0. The van der Waals surface area contributed by atoms with Crippen molar-refractivity contribution in [3.8, 4) is 0 Å². The number of morpholine rings is 2. The molecule has 2 rings (SSSR count). The molecule has 2 saturated heterocycles. The molecular formula is C18H37N5O2. The maximum absolute atomic E-state index is 5.42. The minimum absolute atomic E-state index is 0.459. The van der Waals surface area contributed by atoms with Crippen LogP contribution < -0.4 is 10.6 Å². The van der Waals surface area contributed by atoms with E-state index >= 15 is 0 Å². The number of nitrogens with one attached hydrogen (secondary N) is 2. The van der Waals surface area contributed by atoms with Gasteiger partial charge in [0.2, 0.25) is 0 Å². The summed E-state index contributed by atoms with van der Waals surface area (Å²) in [5.74, 6) is 0.939. The van der Waals surface area contributed by atoms with Crippen LogP contribution >= 0.6 is 0 Å². The summed E-state index contributed by atoms with van der Waals surface area (Å²) in [6.07, 6.45) is 2.39. The van der Waals surface area contributed by atoms with Gasteiger partial charge in [0.05, 0.1) is 33.0 Å². The molecule has 2 aliphatic heterocycles. The Morgan fingerprint density at radius 1 is 1.00 bits per heavy atom. The van der Waals surface area contributed by atoms with Gasteiger partial charge in [-0.2, -0.15) is 0 Å². The predicted molar refractivity (Wildman–Crippen MR) is 102 cm³/mol. The first-order valence-corrected chi connectivity index (χ1v) is 9.93. The molecule has 0 spiro atoms. The Kier molecular flexibility index (Phi) is 10.2. The molecule has 0 aliphatic carbocycles. The maximum Gasteiger partial charge on any atom is 0.191 e. The van der Waals surface area contributed by atoms with Crippen molar-refractivity contribution in [1.29, 1.82) is 0 Å². The molecule has 1 unspecified atom stereocenters. The van der Waals surface area contributed by atoms with Crippen LogP contribution in [0, 0.1) is 0 Å². The number of ether oxygens (including phenoxy) is 2. The average Bonchev–Trinajstić information content (AvgIpc) is 2.67. The monoisotopic (exact) mass is 355 g/mol. The van der Waals surface area contributed by atoms with E-state index in [0.717, 1.165) is 78.2 Å². The summed E-state index contributed by atoms with van der Waals surface area (Å²) in [7, 11) is 0. The first-order chi connectivity index (χ1) is 12.3. The zero-order valence-corrected chi connectivity index (χ0v) is 16.1. The maximum atomic E-state index is 5.42. The van der Waals surface area contributed by atoms with Crippen LogP contribution in [0.15, 0.2) is 4.99 Å². The predicted octanol–water partition coefficient (Wildman–Crippen LogP) is 0.375. The topological polar surface area (TPSA) is 61.4 Å². The molecule has 7 nitrogen and oxygen atoms in total. The second-order valence-corrected chi connectivity index (χ2v) is 6.80. The lowest BCUT2D eigenvalue weighted by atomic mass is 10.2. The van der Waals surface area contributed by atoms with Crippen LogP contribution in [0.1, 0.15) is 26.7 Å². The fourth-order valence-electron chi connectivity index (χ4n) is 3.19. The molecule has 2 heterocycles. The van der Waals surface area contributed by atoms with Gasteiger partial charge in [-0.05, 0) is 33.2 Å². The number of hydrogen-bond acceptors (Lipinski definition) is 5. The van der Waals surface area contributed by atoms with E-state index in [0.29, 0.717) is 6.04 Å². The number of guanidine groups is 1. The molecule has 0 radical (unpaired) electrons. The third-order valence-electron chi connectivity index (χ3n) is 4.82. The molecule has 0 bridgehead atoms. The smallest absolute Gasteiger partial charge is 0.191 e. The van der Waals surface area contributed by atoms with Gasteiger partial charge in [-0.15, -0.1) is 0 Å². The lowest BCUT2D eigenvalue weighted by Crippen LogP contribution is -2.44. The van der Waals surface area contributed by atoms with Crippen molar-refractivity contribution in [2.24, 2.45) is 4.99 Å². The molecule has 2 aliphatic rings. The number of hydrogen-bond donors (Lipinski definition) is 2. The van der Waals surface area contributed by atoms with Crippen molar-refractivity contribution in [2.45, 2.75) is 32.7 Å². The minimum Gasteiger partial charge on any atom is -0.379 e. The standard InChI is InChI=1S/C18H37N5O2/c1-3-19-18(21-16-17(2)23-10-14-25-15-11-23)20-6-4-5-7-22-8-12-24-13-9-22/h17H,3-16H2,1-2H3,(H2,19,20,21). The zero-order chi connectivity index (χ0) is 17.7. The number of nitrogens with zero attached hydrogens (tertiary/aromatic N) is 3. The van der Waals surface area contributed by atoms with Crippen LogP contribution in [0.4, 0.5) is 0 Å². The van der Waals surface area contributed by atoms with E-state index in [1.54, 1.807) is 0 Å². The summed E-state index contributed by atoms with van der Waals surface area (Å²) in [5, 5.41) is 6.82. The van der Waals surface area contributed by atoms with Gasteiger partial charge in [-0.3, -0.25) is 14.8 Å². The van der Waals surface area contributed by atoms with Gasteiger partial charge >= 0.3 is 0 Å². The van der Waals surface area contributed by atoms with E-state index in [1.165, 1.54) is 19.4 Å². The van der Waals surface area contributed by atoms with Gasteiger partial charge < -0.3 is 20.1 Å². The second-order valence-electron chi connectivity index (χ2n) is 6.80. The zero-order valence-electron chi connectivity index (χ0n) is 16.1. The molecular weight excluding hydrogens is 318 g/mol. The molecule has 2 fully saturated rings. The fraction of sp³-hybridized carbons (Fsp3) is 0.944. The first kappa shape index (κ1) is 20.4. The highest BCUT2D eigenvalue weighted by Gasteiger charge is 2.16. The molecule has 25 heavy (non-hydrogen) atoms. The van der Waals surface area contributed by atoms with Gasteiger partial charge in [0.15, 0.2) is 5.96 Å². The molecule has 0 amide bonds. The number of unbranched alkanes of at least 4 members (excludes halogenated alkanes) is 1. The molecule has 2 N–H and O–H groups in total. The van der Waals surface area contributed by atoms with E-state index in [2.05, 4.69) is 34.3 Å². The first-order valence-electron chi connectivity index (χ1n) is 9.93. The lowest BCUT2D eigenvalue weighted by molar-refractivity contribution is 0.0220. The summed E-state index contributed by atoms with van der Waals surface area (Å²) in [5.41, 5.74) is 0. The Bertz CT molecular complexity index is 368. The third-order valence-corrected chi connectivity index (χ3v) is 4.82. The van der Waals surface area contributed by atoms with Crippen LogP contribution in [0.25, 0.3) is 0 Å². The fourth-order valence-corrected chi connectivity index (χ4v) is 3.19. The molecule has 146 valence electrons. The van der Waals surface area contributed by atoms with Crippen molar-refractivity contribution in [2.75, 3.05) is 78.8 Å². The largest absolute Gasteiger partial charge is 0.379 e. The van der Waals surface area contributed by atoms with E-state index in [1.807, 2.05) is 0 Å². The minimum atomic E-state index is 0.459. The van der Waals surface area contributed by atoms with Crippen molar-refractivity contribution >= 4 is 5.96 Å². The van der Waals surface area contributed by atoms with Crippen LogP contribution in [-0.4, -0.2) is 101 Å². The molecule has 7 heteroatoms. The summed E-state index contributed by atoms with van der Waals surface area (Å²) in [6, 6.07) is 0.459. The van der Waals surface area contributed by atoms with E-state index in [9.17, 15) is 0 Å². The summed E-state index contributed by atoms with van der Waals surface area (Å²) in [4.78, 5) is 9.71. The Balaban J connectivity index is 1.61. The average molecular weight is 356 g/mol. The van der Waals surface area contributed by atoms with Gasteiger partial charge in [0.25, 0.3) is 0 Å². The van der Waals surface area contributed by atoms with Crippen molar-refractivity contribution < 1.29 is 9.47 Å². The van der Waals surface area contributed by atoms with Crippen LogP contribution in [-0.2, 0) is 9.47 Å². The second kappa shape index (κ2) is 12.5. The highest BCUT2D eigenvalue weighted by atomic mass is 16.5. The molecule has 1 atom stereocenters. The summed E-state index contributed by atoms with van der Waals surface area (Å²) in [6.45, 7) is 15.9. The van der Waals surface area contributed by atoms with Gasteiger partial charge in [-0.1, -0.05) is 0 Å². The number of rotatable bonds is 9. The Hall–Kier alpha value is -0.890. The van der Waals surface area contributed by atoms with E-state index in [-0.39, 0.29) is 0 Å². The van der Waals surface area contributed by atoms with Crippen LogP contribution in [0.2, 0.25) is 0 Å². The quantitative estimate of drug-likeness (QED) is 0.354. The van der Waals surface area contributed by atoms with Crippen molar-refractivity contribution in [1.82, 2.24) is 20.4 Å². The molecule has 0 saturated carbocycles. The highest BCUT2D eigenvalue weighted by molar-refractivity contribution is 5.79. The van der Waals surface area contributed by atoms with Gasteiger partial charge in [0.1, 0.15) is 0 Å². The van der Waals surface area contributed by atoms with E-state index < -0.39 is 0 Å². The molecule has 0 aromatic rings. The van der Waals surface area contributed by atoms with Crippen molar-refractivity contribution in [3.63, 3.8) is 0 Å². The van der Waals surface area contributed by atoms with Crippen LogP contribution in [0.3, 0.4) is 0 Å². The normalized spacial score (nSPS) is 21.9. The van der Waals surface area contributed by atoms with E-state index in [4.69, 9.17) is 14.5 Å². The molecule has 0 aromatic heterocycles. The molecule has 0 aromatic carbocycles. The van der Waals surface area contributed by atoms with Crippen LogP contribution in [0.5, 0.6) is 0 Å². The SMILES string of the molecule is CCNC(=NCC(C)N1CCOCC1)NCCCCN1CCOCC1. The highest BCUT2D eigenvalue weighted by Crippen LogP contribution is 2.04. The number of aliphatic imine (C=N–C) groups is 1. The lowest BCUT2D eigenvalue weighted by Gasteiger charge is -2.31. The van der Waals surface area contributed by atoms with Gasteiger partial charge in [0, 0.05) is 45.3 Å². The Labute approximate surface area is 153 Å². The third kappa shape index (κ3) is 8.35. The summed E-state index contributed by atoms with van der Waals surface area (Å²) < 4.78 is 10.8. The Morgan fingerprint density at radius 2 is 1.68 bits per heavy atom. The Morgan fingerprint density at radius 3 is 2.36 bits per heavy atom.